The lowest BCUT2D eigenvalue weighted by atomic mass is 9.93. The minimum atomic E-state index is -0.757. The average molecular weight is 559 g/mol. The van der Waals surface area contributed by atoms with Crippen molar-refractivity contribution in [1.82, 2.24) is 4.57 Å². The van der Waals surface area contributed by atoms with Gasteiger partial charge in [0.25, 0.3) is 5.56 Å². The lowest BCUT2D eigenvalue weighted by Gasteiger charge is -2.25. The topological polar surface area (TPSA) is 79.1 Å². The molecule has 3 heterocycles. The first kappa shape index (κ1) is 25.2. The fourth-order valence-electron chi connectivity index (χ4n) is 4.76. The first-order chi connectivity index (χ1) is 18.9. The van der Waals surface area contributed by atoms with Crippen molar-refractivity contribution >= 4 is 40.7 Å². The van der Waals surface area contributed by atoms with Gasteiger partial charge in [0.15, 0.2) is 16.3 Å². The molecule has 2 aliphatic rings. The predicted molar refractivity (Wildman–Crippen MR) is 150 cm³/mol. The normalized spacial score (nSPS) is 16.2. The van der Waals surface area contributed by atoms with E-state index in [1.54, 1.807) is 23.6 Å². The maximum Gasteiger partial charge on any atom is 0.338 e. The van der Waals surface area contributed by atoms with Crippen molar-refractivity contribution in [2.75, 3.05) is 13.4 Å². The van der Waals surface area contributed by atoms with Crippen LogP contribution in [0.15, 0.2) is 82.1 Å². The number of fused-ring (bicyclic) bond motifs is 2. The van der Waals surface area contributed by atoms with Crippen LogP contribution in [0.1, 0.15) is 35.2 Å². The van der Waals surface area contributed by atoms with Gasteiger partial charge in [0, 0.05) is 10.6 Å². The highest BCUT2D eigenvalue weighted by atomic mass is 35.5. The Morgan fingerprint density at radius 1 is 1.13 bits per heavy atom. The van der Waals surface area contributed by atoms with Gasteiger partial charge in [-0.15, -0.1) is 0 Å². The van der Waals surface area contributed by atoms with Crippen molar-refractivity contribution in [2.24, 2.45) is 4.99 Å². The maximum absolute atomic E-state index is 14.0. The first-order valence-corrected chi connectivity index (χ1v) is 13.6. The fourth-order valence-corrected chi connectivity index (χ4v) is 5.87. The summed E-state index contributed by atoms with van der Waals surface area (Å²) in [6.45, 7) is 4.06. The highest BCUT2D eigenvalue weighted by Crippen LogP contribution is 2.36. The first-order valence-electron chi connectivity index (χ1n) is 12.4. The molecule has 0 aliphatic carbocycles. The molecule has 3 aromatic carbocycles. The number of carbonyl (C=O) groups is 1. The molecule has 0 fully saturated rings. The van der Waals surface area contributed by atoms with Crippen molar-refractivity contribution in [1.29, 1.82) is 0 Å². The molecule has 6 rings (SSSR count). The van der Waals surface area contributed by atoms with Crippen LogP contribution in [-0.2, 0) is 9.53 Å². The van der Waals surface area contributed by atoms with E-state index >= 15 is 0 Å². The smallest absolute Gasteiger partial charge is 0.338 e. The van der Waals surface area contributed by atoms with Gasteiger partial charge in [0.2, 0.25) is 6.79 Å². The summed E-state index contributed by atoms with van der Waals surface area (Å²) in [5, 5.41) is 0.550. The SMILES string of the molecule is CCOC(=O)C1=C(c2ccccc2)N=c2s/c(=C/c3cc4c(cc3C)OCO4)c(=O)n2C1c1ccc(Cl)cc1. The van der Waals surface area contributed by atoms with E-state index in [-0.39, 0.29) is 19.0 Å². The average Bonchev–Trinajstić information content (AvgIpc) is 3.52. The molecule has 39 heavy (non-hydrogen) atoms. The van der Waals surface area contributed by atoms with Gasteiger partial charge in [-0.2, -0.15) is 0 Å². The number of aryl methyl sites for hydroxylation is 1. The van der Waals surface area contributed by atoms with Gasteiger partial charge in [-0.3, -0.25) is 9.36 Å². The molecule has 0 radical (unpaired) electrons. The number of carbonyl (C=O) groups excluding carboxylic acids is 1. The Kier molecular flexibility index (Phi) is 6.58. The molecule has 0 saturated carbocycles. The molecule has 2 aliphatic heterocycles. The largest absolute Gasteiger partial charge is 0.463 e. The van der Waals surface area contributed by atoms with Crippen molar-refractivity contribution in [3.05, 3.63) is 119 Å². The van der Waals surface area contributed by atoms with E-state index in [2.05, 4.69) is 0 Å². The molecule has 4 aromatic rings. The van der Waals surface area contributed by atoms with Crippen LogP contribution in [0.4, 0.5) is 0 Å². The molecule has 1 aromatic heterocycles. The number of thiazole rings is 1. The fraction of sp³-hybridized carbons (Fsp3) is 0.167. The minimum Gasteiger partial charge on any atom is -0.463 e. The van der Waals surface area contributed by atoms with E-state index in [9.17, 15) is 9.59 Å². The van der Waals surface area contributed by atoms with Crippen LogP contribution in [-0.4, -0.2) is 23.9 Å². The lowest BCUT2D eigenvalue weighted by molar-refractivity contribution is -0.138. The maximum atomic E-state index is 14.0. The Balaban J connectivity index is 1.63. The molecule has 1 atom stereocenters. The van der Waals surface area contributed by atoms with E-state index in [4.69, 9.17) is 30.8 Å². The highest BCUT2D eigenvalue weighted by molar-refractivity contribution is 7.07. The number of ether oxygens (including phenoxy) is 3. The second kappa shape index (κ2) is 10.2. The number of nitrogens with zero attached hydrogens (tertiary/aromatic N) is 2. The molecule has 0 bridgehead atoms. The standard InChI is InChI=1S/C30H23ClN2O5S/c1-3-36-29(35)25-26(18-7-5-4-6-8-18)32-30-33(27(25)19-9-11-21(31)12-10-19)28(34)24(39-30)15-20-14-23-22(13-17(20)2)37-16-38-23/h4-15,27H,3,16H2,1-2H3/b24-15+. The van der Waals surface area contributed by atoms with Crippen molar-refractivity contribution < 1.29 is 19.0 Å². The summed E-state index contributed by atoms with van der Waals surface area (Å²) in [6.07, 6.45) is 1.83. The third kappa shape index (κ3) is 4.56. The van der Waals surface area contributed by atoms with Gasteiger partial charge in [0.05, 0.1) is 28.5 Å². The van der Waals surface area contributed by atoms with E-state index in [1.807, 2.05) is 67.6 Å². The lowest BCUT2D eigenvalue weighted by Crippen LogP contribution is -2.40. The van der Waals surface area contributed by atoms with Crippen LogP contribution in [0.3, 0.4) is 0 Å². The van der Waals surface area contributed by atoms with Gasteiger partial charge in [-0.1, -0.05) is 65.4 Å². The van der Waals surface area contributed by atoms with Crippen molar-refractivity contribution in [3.63, 3.8) is 0 Å². The van der Waals surface area contributed by atoms with Crippen LogP contribution in [0.25, 0.3) is 11.8 Å². The summed E-state index contributed by atoms with van der Waals surface area (Å²) in [5.41, 5.74) is 3.76. The van der Waals surface area contributed by atoms with Gasteiger partial charge >= 0.3 is 5.97 Å². The van der Waals surface area contributed by atoms with Crippen LogP contribution in [0.5, 0.6) is 11.5 Å². The third-order valence-electron chi connectivity index (χ3n) is 6.61. The van der Waals surface area contributed by atoms with Gasteiger partial charge in [-0.25, -0.2) is 9.79 Å². The summed E-state index contributed by atoms with van der Waals surface area (Å²) in [5.74, 6) is 0.788. The van der Waals surface area contributed by atoms with Crippen molar-refractivity contribution in [2.45, 2.75) is 19.9 Å². The molecule has 0 spiro atoms. The summed E-state index contributed by atoms with van der Waals surface area (Å²) in [6, 6.07) is 19.6. The molecule has 196 valence electrons. The van der Waals surface area contributed by atoms with E-state index < -0.39 is 12.0 Å². The zero-order valence-electron chi connectivity index (χ0n) is 21.1. The number of hydrogen-bond acceptors (Lipinski definition) is 7. The molecule has 7 nitrogen and oxygen atoms in total. The number of benzene rings is 3. The molecule has 9 heteroatoms. The summed E-state index contributed by atoms with van der Waals surface area (Å²) in [4.78, 5) is 32.9. The Hall–Kier alpha value is -4.14. The minimum absolute atomic E-state index is 0.167. The predicted octanol–water partition coefficient (Wildman–Crippen LogP) is 4.63. The van der Waals surface area contributed by atoms with Gasteiger partial charge in [0.1, 0.15) is 0 Å². The van der Waals surface area contributed by atoms with E-state index in [0.717, 1.165) is 22.3 Å². The summed E-state index contributed by atoms with van der Waals surface area (Å²) in [7, 11) is 0. The van der Waals surface area contributed by atoms with Gasteiger partial charge < -0.3 is 14.2 Å². The zero-order valence-corrected chi connectivity index (χ0v) is 22.7. The second-order valence-corrected chi connectivity index (χ2v) is 10.5. The Bertz CT molecular complexity index is 1810. The van der Waals surface area contributed by atoms with E-state index in [1.165, 1.54) is 11.3 Å². The van der Waals surface area contributed by atoms with Crippen LogP contribution < -0.4 is 24.4 Å². The number of rotatable bonds is 5. The number of hydrogen-bond donors (Lipinski definition) is 0. The molecule has 0 amide bonds. The molecular weight excluding hydrogens is 536 g/mol. The Morgan fingerprint density at radius 2 is 1.85 bits per heavy atom. The van der Waals surface area contributed by atoms with E-state index in [0.29, 0.717) is 37.1 Å². The third-order valence-corrected chi connectivity index (χ3v) is 7.84. The summed E-state index contributed by atoms with van der Waals surface area (Å²) < 4.78 is 18.6. The van der Waals surface area contributed by atoms with Gasteiger partial charge in [-0.05, 0) is 60.9 Å². The summed E-state index contributed by atoms with van der Waals surface area (Å²) >= 11 is 7.46. The van der Waals surface area contributed by atoms with Crippen molar-refractivity contribution in [3.8, 4) is 11.5 Å². The quantitative estimate of drug-likeness (QED) is 0.334. The van der Waals surface area contributed by atoms with Crippen LogP contribution in [0.2, 0.25) is 5.02 Å². The molecular formula is C30H23ClN2O5S. The molecule has 0 saturated heterocycles. The zero-order chi connectivity index (χ0) is 27.1. The number of esters is 1. The molecule has 0 N–H and O–H groups in total. The Labute approximate surface area is 232 Å². The number of halogens is 1. The van der Waals surface area contributed by atoms with Crippen LogP contribution in [0, 0.1) is 6.92 Å². The highest BCUT2D eigenvalue weighted by Gasteiger charge is 2.35. The number of aromatic nitrogens is 1. The molecule has 1 unspecified atom stereocenters. The monoisotopic (exact) mass is 558 g/mol. The Morgan fingerprint density at radius 3 is 2.56 bits per heavy atom. The second-order valence-electron chi connectivity index (χ2n) is 9.05. The van der Waals surface area contributed by atoms with Crippen LogP contribution >= 0.6 is 22.9 Å².